The van der Waals surface area contributed by atoms with Gasteiger partial charge in [0.15, 0.2) is 5.76 Å². The molecule has 2 aliphatic rings. The van der Waals surface area contributed by atoms with Crippen molar-refractivity contribution >= 4 is 5.97 Å². The molecule has 1 saturated heterocycles. The number of pyridine rings is 1. The summed E-state index contributed by atoms with van der Waals surface area (Å²) < 4.78 is 18.7. The largest absolute Gasteiger partial charge is 0.502 e. The van der Waals surface area contributed by atoms with Crippen molar-refractivity contribution in [2.24, 2.45) is 5.92 Å². The number of aromatic hydroxyl groups is 1. The first-order chi connectivity index (χ1) is 18.7. The van der Waals surface area contributed by atoms with Gasteiger partial charge in [-0.1, -0.05) is 18.2 Å². The zero-order valence-electron chi connectivity index (χ0n) is 22.5. The Balaban J connectivity index is 1.43. The molecule has 39 heavy (non-hydrogen) atoms. The molecule has 0 radical (unpaired) electrons. The Morgan fingerprint density at radius 2 is 1.87 bits per heavy atom. The summed E-state index contributed by atoms with van der Waals surface area (Å²) in [5.74, 6) is -0.0806. The Morgan fingerprint density at radius 3 is 2.59 bits per heavy atom. The van der Waals surface area contributed by atoms with E-state index in [1.807, 2.05) is 30.5 Å². The van der Waals surface area contributed by atoms with E-state index in [0.29, 0.717) is 36.1 Å². The maximum absolute atomic E-state index is 12.9. The van der Waals surface area contributed by atoms with Gasteiger partial charge in [-0.25, -0.2) is 0 Å². The number of piperidine rings is 1. The van der Waals surface area contributed by atoms with Crippen LogP contribution in [0.1, 0.15) is 61.3 Å². The molecule has 2 bridgehead atoms. The minimum atomic E-state index is -0.724. The Kier molecular flexibility index (Phi) is 7.61. The fraction of sp³-hybridized carbons (Fsp3) is 0.433. The molecule has 3 aromatic rings. The SMILES string of the molecule is COC(=O)CC(c1ccc(OC(C)C)cc1)c1oc(CN2CC3CC(C2)c2cccc(=O)n2C3)cc(=O)c1O. The lowest BCUT2D eigenvalue weighted by molar-refractivity contribution is -0.140. The number of hydrogen-bond acceptors (Lipinski definition) is 8. The van der Waals surface area contributed by atoms with Crippen molar-refractivity contribution in [3.63, 3.8) is 0 Å². The molecule has 2 aliphatic heterocycles. The molecule has 206 valence electrons. The van der Waals surface area contributed by atoms with Crippen LogP contribution in [0.4, 0.5) is 0 Å². The number of ether oxygens (including phenoxy) is 2. The van der Waals surface area contributed by atoms with Crippen LogP contribution in [0.5, 0.6) is 11.5 Å². The minimum absolute atomic E-state index is 0.00390. The number of esters is 1. The zero-order valence-corrected chi connectivity index (χ0v) is 22.5. The summed E-state index contributed by atoms with van der Waals surface area (Å²) in [5.41, 5.74) is 1.20. The van der Waals surface area contributed by atoms with E-state index in [-0.39, 0.29) is 29.8 Å². The number of carbonyl (C=O) groups is 1. The van der Waals surface area contributed by atoms with Gasteiger partial charge in [0.25, 0.3) is 5.56 Å². The van der Waals surface area contributed by atoms with Crippen LogP contribution in [0, 0.1) is 5.92 Å². The van der Waals surface area contributed by atoms with E-state index >= 15 is 0 Å². The number of aromatic nitrogens is 1. The van der Waals surface area contributed by atoms with Gasteiger partial charge in [0.1, 0.15) is 11.5 Å². The third-order valence-corrected chi connectivity index (χ3v) is 7.50. The predicted octanol–water partition coefficient (Wildman–Crippen LogP) is 3.61. The van der Waals surface area contributed by atoms with Gasteiger partial charge in [0.05, 0.1) is 32.1 Å². The second-order valence-electron chi connectivity index (χ2n) is 10.8. The summed E-state index contributed by atoms with van der Waals surface area (Å²) in [4.78, 5) is 39.8. The highest BCUT2D eigenvalue weighted by atomic mass is 16.5. The molecule has 0 aliphatic carbocycles. The molecule has 0 saturated carbocycles. The van der Waals surface area contributed by atoms with E-state index in [1.165, 1.54) is 13.2 Å². The maximum Gasteiger partial charge on any atom is 0.306 e. The first-order valence-electron chi connectivity index (χ1n) is 13.3. The van der Waals surface area contributed by atoms with Crippen molar-refractivity contribution in [2.75, 3.05) is 20.2 Å². The van der Waals surface area contributed by atoms with Crippen molar-refractivity contribution < 1.29 is 23.8 Å². The third kappa shape index (κ3) is 5.78. The van der Waals surface area contributed by atoms with Crippen LogP contribution in [0.15, 0.2) is 62.5 Å². The Bertz CT molecular complexity index is 1460. The fourth-order valence-corrected chi connectivity index (χ4v) is 5.88. The standard InChI is InChI=1S/C30H34N2O7/c1-18(2)38-22-9-7-20(8-10-22)24(13-28(35)37-3)30-29(36)26(33)12-23(39-30)17-31-14-19-11-21(16-31)25-5-4-6-27(34)32(25)15-19/h4-10,12,18-19,21,24,36H,11,13-17H2,1-3H3. The highest BCUT2D eigenvalue weighted by Crippen LogP contribution is 2.37. The number of nitrogens with zero attached hydrogens (tertiary/aromatic N) is 2. The smallest absolute Gasteiger partial charge is 0.306 e. The molecule has 1 aromatic carbocycles. The first-order valence-corrected chi connectivity index (χ1v) is 13.3. The summed E-state index contributed by atoms with van der Waals surface area (Å²) in [6, 6.07) is 13.9. The summed E-state index contributed by atoms with van der Waals surface area (Å²) in [5, 5.41) is 10.8. The highest BCUT2D eigenvalue weighted by Gasteiger charge is 2.35. The fourth-order valence-electron chi connectivity index (χ4n) is 5.88. The summed E-state index contributed by atoms with van der Waals surface area (Å²) in [6.45, 7) is 6.40. The van der Waals surface area contributed by atoms with Crippen LogP contribution < -0.4 is 15.7 Å². The molecule has 0 spiro atoms. The topological polar surface area (TPSA) is 111 Å². The third-order valence-electron chi connectivity index (χ3n) is 7.50. The second-order valence-corrected chi connectivity index (χ2v) is 10.8. The van der Waals surface area contributed by atoms with Gasteiger partial charge in [-0.05, 0) is 49.9 Å². The van der Waals surface area contributed by atoms with E-state index in [1.54, 1.807) is 30.3 Å². The van der Waals surface area contributed by atoms with E-state index in [4.69, 9.17) is 13.9 Å². The molecule has 3 unspecified atom stereocenters. The number of rotatable bonds is 8. The average molecular weight is 535 g/mol. The van der Waals surface area contributed by atoms with Crippen molar-refractivity contribution in [3.05, 3.63) is 91.9 Å². The Labute approximate surface area is 226 Å². The molecule has 3 atom stereocenters. The monoisotopic (exact) mass is 534 g/mol. The second kappa shape index (κ2) is 11.1. The first kappa shape index (κ1) is 26.7. The lowest BCUT2D eigenvalue weighted by Crippen LogP contribution is -2.46. The number of fused-ring (bicyclic) bond motifs is 4. The number of benzene rings is 1. The van der Waals surface area contributed by atoms with E-state index < -0.39 is 23.1 Å². The van der Waals surface area contributed by atoms with Crippen molar-refractivity contribution in [1.82, 2.24) is 9.47 Å². The molecule has 2 aromatic heterocycles. The predicted molar refractivity (Wildman–Crippen MR) is 144 cm³/mol. The van der Waals surface area contributed by atoms with Gasteiger partial charge in [-0.15, -0.1) is 0 Å². The van der Waals surface area contributed by atoms with Crippen LogP contribution in [-0.2, 0) is 22.6 Å². The Hall–Kier alpha value is -3.85. The van der Waals surface area contributed by atoms with Gasteiger partial charge in [-0.2, -0.15) is 0 Å². The van der Waals surface area contributed by atoms with Crippen molar-refractivity contribution in [3.8, 4) is 11.5 Å². The van der Waals surface area contributed by atoms with Crippen molar-refractivity contribution in [1.29, 1.82) is 0 Å². The van der Waals surface area contributed by atoms with Crippen LogP contribution in [0.2, 0.25) is 0 Å². The number of likely N-dealkylation sites (tertiary alicyclic amines) is 1. The molecule has 9 heteroatoms. The van der Waals surface area contributed by atoms with Crippen LogP contribution in [-0.4, -0.2) is 46.8 Å². The van der Waals surface area contributed by atoms with Crippen LogP contribution in [0.25, 0.3) is 0 Å². The number of methoxy groups -OCH3 is 1. The van der Waals surface area contributed by atoms with E-state index in [0.717, 1.165) is 25.2 Å². The molecular weight excluding hydrogens is 500 g/mol. The molecule has 5 rings (SSSR count). The quantitative estimate of drug-likeness (QED) is 0.437. The molecule has 4 heterocycles. The minimum Gasteiger partial charge on any atom is -0.502 e. The van der Waals surface area contributed by atoms with Crippen LogP contribution in [0.3, 0.4) is 0 Å². The summed E-state index contributed by atoms with van der Waals surface area (Å²) >= 11 is 0. The van der Waals surface area contributed by atoms with Gasteiger partial charge < -0.3 is 23.6 Å². The van der Waals surface area contributed by atoms with Crippen LogP contribution >= 0.6 is 0 Å². The lowest BCUT2D eigenvalue weighted by Gasteiger charge is -2.42. The number of carbonyl (C=O) groups excluding carboxylic acids is 1. The van der Waals surface area contributed by atoms with Crippen molar-refractivity contribution in [2.45, 2.75) is 57.7 Å². The maximum atomic E-state index is 12.9. The van der Waals surface area contributed by atoms with E-state index in [9.17, 15) is 19.5 Å². The van der Waals surface area contributed by atoms with Gasteiger partial charge in [0, 0.05) is 43.4 Å². The lowest BCUT2D eigenvalue weighted by atomic mass is 9.83. The summed E-state index contributed by atoms with van der Waals surface area (Å²) in [6.07, 6.45) is 0.909. The summed E-state index contributed by atoms with van der Waals surface area (Å²) in [7, 11) is 1.30. The highest BCUT2D eigenvalue weighted by molar-refractivity contribution is 5.71. The average Bonchev–Trinajstić information content (AvgIpc) is 2.90. The molecule has 0 amide bonds. The van der Waals surface area contributed by atoms with Gasteiger partial charge >= 0.3 is 5.97 Å². The zero-order chi connectivity index (χ0) is 27.7. The normalized spacial score (nSPS) is 19.4. The number of hydrogen-bond donors (Lipinski definition) is 1. The van der Waals surface area contributed by atoms with Gasteiger partial charge in [-0.3, -0.25) is 19.3 Å². The molecule has 1 N–H and O–H groups in total. The Morgan fingerprint density at radius 1 is 1.10 bits per heavy atom. The van der Waals surface area contributed by atoms with Gasteiger partial charge in [0.2, 0.25) is 11.2 Å². The molecule has 1 fully saturated rings. The molecular formula is C30H34N2O7. The van der Waals surface area contributed by atoms with E-state index in [2.05, 4.69) is 4.90 Å². The molecule has 9 nitrogen and oxygen atoms in total.